The van der Waals surface area contributed by atoms with Gasteiger partial charge in [-0.05, 0) is 24.7 Å². The topological polar surface area (TPSA) is 9.23 Å². The molecule has 0 spiro atoms. The highest BCUT2D eigenvalue weighted by Gasteiger charge is 1.96. The minimum Gasteiger partial charge on any atom is -0.381 e. The van der Waals surface area contributed by atoms with Crippen molar-refractivity contribution in [2.24, 2.45) is 11.8 Å². The second-order valence-corrected chi connectivity index (χ2v) is 6.81. The van der Waals surface area contributed by atoms with Gasteiger partial charge in [0.15, 0.2) is 0 Å². The molecule has 0 bridgehead atoms. The average Bonchev–Trinajstić information content (AvgIpc) is 2.34. The predicted octanol–water partition coefficient (Wildman–Crippen LogP) is 6.22. The fourth-order valence-corrected chi connectivity index (χ4v) is 2.32. The van der Waals surface area contributed by atoms with Gasteiger partial charge in [-0.3, -0.25) is 0 Å². The van der Waals surface area contributed by atoms with Gasteiger partial charge in [0.1, 0.15) is 0 Å². The Kier molecular flexibility index (Phi) is 14.3. The Morgan fingerprint density at radius 3 is 1.42 bits per heavy atom. The highest BCUT2D eigenvalue weighted by atomic mass is 16.5. The van der Waals surface area contributed by atoms with E-state index in [0.717, 1.165) is 25.0 Å². The van der Waals surface area contributed by atoms with Crippen LogP contribution < -0.4 is 0 Å². The molecule has 116 valence electrons. The summed E-state index contributed by atoms with van der Waals surface area (Å²) in [5.41, 5.74) is 0. The van der Waals surface area contributed by atoms with Crippen LogP contribution in [0.4, 0.5) is 0 Å². The molecule has 0 aliphatic carbocycles. The van der Waals surface area contributed by atoms with Crippen LogP contribution in [0.1, 0.15) is 91.9 Å². The summed E-state index contributed by atoms with van der Waals surface area (Å²) in [6, 6.07) is 0. The standard InChI is InChI=1S/C18H38O/c1-17(2)13-9-7-5-6-8-11-15-19-16-12-10-14-18(3)4/h17-18H,5-16H2,1-4H3. The molecule has 0 unspecified atom stereocenters. The molecule has 0 atom stereocenters. The number of unbranched alkanes of at least 4 members (excludes halogenated alkanes) is 6. The van der Waals surface area contributed by atoms with Crippen molar-refractivity contribution < 1.29 is 4.74 Å². The highest BCUT2D eigenvalue weighted by Crippen LogP contribution is 2.11. The quantitative estimate of drug-likeness (QED) is 0.341. The van der Waals surface area contributed by atoms with Gasteiger partial charge in [0.05, 0.1) is 0 Å². The van der Waals surface area contributed by atoms with Gasteiger partial charge in [0.25, 0.3) is 0 Å². The lowest BCUT2D eigenvalue weighted by Crippen LogP contribution is -1.98. The molecular weight excluding hydrogens is 232 g/mol. The summed E-state index contributed by atoms with van der Waals surface area (Å²) in [6.07, 6.45) is 13.6. The molecule has 0 aromatic heterocycles. The van der Waals surface area contributed by atoms with Crippen LogP contribution in [0.2, 0.25) is 0 Å². The van der Waals surface area contributed by atoms with Crippen LogP contribution in [0.3, 0.4) is 0 Å². The van der Waals surface area contributed by atoms with Crippen molar-refractivity contribution in [2.45, 2.75) is 91.9 Å². The van der Waals surface area contributed by atoms with Gasteiger partial charge < -0.3 is 4.74 Å². The maximum Gasteiger partial charge on any atom is 0.0466 e. The first-order valence-electron chi connectivity index (χ1n) is 8.70. The van der Waals surface area contributed by atoms with E-state index in [1.54, 1.807) is 0 Å². The maximum atomic E-state index is 5.67. The van der Waals surface area contributed by atoms with Crippen LogP contribution in [0.5, 0.6) is 0 Å². The van der Waals surface area contributed by atoms with Crippen molar-refractivity contribution in [1.82, 2.24) is 0 Å². The predicted molar refractivity (Wildman–Crippen MR) is 86.7 cm³/mol. The van der Waals surface area contributed by atoms with E-state index in [-0.39, 0.29) is 0 Å². The van der Waals surface area contributed by atoms with E-state index in [0.29, 0.717) is 0 Å². The zero-order valence-electron chi connectivity index (χ0n) is 14.0. The average molecular weight is 271 g/mol. The minimum absolute atomic E-state index is 0.843. The number of ether oxygens (including phenoxy) is 1. The lowest BCUT2D eigenvalue weighted by molar-refractivity contribution is 0.125. The molecule has 0 heterocycles. The summed E-state index contributed by atoms with van der Waals surface area (Å²) in [5.74, 6) is 1.72. The molecule has 0 radical (unpaired) electrons. The molecule has 0 saturated heterocycles. The van der Waals surface area contributed by atoms with Crippen molar-refractivity contribution in [3.05, 3.63) is 0 Å². The number of hydrogen-bond acceptors (Lipinski definition) is 1. The molecule has 1 heteroatoms. The van der Waals surface area contributed by atoms with Gasteiger partial charge in [0, 0.05) is 13.2 Å². The number of hydrogen-bond donors (Lipinski definition) is 0. The van der Waals surface area contributed by atoms with Gasteiger partial charge in [-0.25, -0.2) is 0 Å². The Morgan fingerprint density at radius 2 is 0.895 bits per heavy atom. The summed E-state index contributed by atoms with van der Waals surface area (Å²) >= 11 is 0. The normalized spacial score (nSPS) is 11.7. The van der Waals surface area contributed by atoms with Gasteiger partial charge in [-0.15, -0.1) is 0 Å². The molecule has 0 aliphatic heterocycles. The molecule has 0 rings (SSSR count). The monoisotopic (exact) mass is 270 g/mol. The Balaban J connectivity index is 2.95. The third kappa shape index (κ3) is 18.0. The zero-order chi connectivity index (χ0) is 14.3. The molecular formula is C18H38O. The third-order valence-corrected chi connectivity index (χ3v) is 3.64. The molecule has 0 aliphatic rings. The van der Waals surface area contributed by atoms with E-state index in [4.69, 9.17) is 4.74 Å². The molecule has 0 saturated carbocycles. The summed E-state index contributed by atoms with van der Waals surface area (Å²) in [7, 11) is 0. The zero-order valence-corrected chi connectivity index (χ0v) is 14.0. The first-order chi connectivity index (χ1) is 9.13. The lowest BCUT2D eigenvalue weighted by atomic mass is 10.0. The molecule has 1 nitrogen and oxygen atoms in total. The Morgan fingerprint density at radius 1 is 0.526 bits per heavy atom. The fraction of sp³-hybridized carbons (Fsp3) is 1.00. The number of rotatable bonds is 14. The van der Waals surface area contributed by atoms with Gasteiger partial charge in [0.2, 0.25) is 0 Å². The van der Waals surface area contributed by atoms with E-state index < -0.39 is 0 Å². The Labute approximate surface area is 122 Å². The maximum absolute atomic E-state index is 5.67. The molecule has 0 N–H and O–H groups in total. The van der Waals surface area contributed by atoms with E-state index >= 15 is 0 Å². The molecule has 19 heavy (non-hydrogen) atoms. The SMILES string of the molecule is CC(C)CCCCCCCCOCCCCC(C)C. The first kappa shape index (κ1) is 19.0. The summed E-state index contributed by atoms with van der Waals surface area (Å²) in [6.45, 7) is 11.2. The summed E-state index contributed by atoms with van der Waals surface area (Å²) in [5, 5.41) is 0. The summed E-state index contributed by atoms with van der Waals surface area (Å²) in [4.78, 5) is 0. The summed E-state index contributed by atoms with van der Waals surface area (Å²) < 4.78 is 5.67. The van der Waals surface area contributed by atoms with Gasteiger partial charge in [-0.2, -0.15) is 0 Å². The molecule has 0 amide bonds. The largest absolute Gasteiger partial charge is 0.381 e. The third-order valence-electron chi connectivity index (χ3n) is 3.64. The van der Waals surface area contributed by atoms with Crippen molar-refractivity contribution in [1.29, 1.82) is 0 Å². The van der Waals surface area contributed by atoms with Crippen LogP contribution in [0.25, 0.3) is 0 Å². The van der Waals surface area contributed by atoms with Crippen molar-refractivity contribution in [3.63, 3.8) is 0 Å². The van der Waals surface area contributed by atoms with Crippen molar-refractivity contribution in [3.8, 4) is 0 Å². The minimum atomic E-state index is 0.843. The van der Waals surface area contributed by atoms with E-state index in [9.17, 15) is 0 Å². The van der Waals surface area contributed by atoms with Gasteiger partial charge in [-0.1, -0.05) is 79.1 Å². The lowest BCUT2D eigenvalue weighted by Gasteiger charge is -2.06. The first-order valence-corrected chi connectivity index (χ1v) is 8.70. The molecule has 0 aromatic carbocycles. The second kappa shape index (κ2) is 14.4. The van der Waals surface area contributed by atoms with Crippen LogP contribution in [0.15, 0.2) is 0 Å². The Bertz CT molecular complexity index is 145. The highest BCUT2D eigenvalue weighted by molar-refractivity contribution is 4.49. The van der Waals surface area contributed by atoms with Crippen LogP contribution in [-0.4, -0.2) is 13.2 Å². The molecule has 0 aromatic rings. The van der Waals surface area contributed by atoms with E-state index in [1.165, 1.54) is 64.2 Å². The van der Waals surface area contributed by atoms with Gasteiger partial charge >= 0.3 is 0 Å². The van der Waals surface area contributed by atoms with E-state index in [1.807, 2.05) is 0 Å². The van der Waals surface area contributed by atoms with Crippen LogP contribution in [-0.2, 0) is 4.74 Å². The second-order valence-electron chi connectivity index (χ2n) is 6.81. The molecule has 0 fully saturated rings. The van der Waals surface area contributed by atoms with Crippen molar-refractivity contribution in [2.75, 3.05) is 13.2 Å². The fourth-order valence-electron chi connectivity index (χ4n) is 2.32. The smallest absolute Gasteiger partial charge is 0.0466 e. The van der Waals surface area contributed by atoms with Crippen LogP contribution in [0, 0.1) is 11.8 Å². The Hall–Kier alpha value is -0.0400. The van der Waals surface area contributed by atoms with Crippen molar-refractivity contribution >= 4 is 0 Å². The van der Waals surface area contributed by atoms with Crippen LogP contribution >= 0.6 is 0 Å². The van der Waals surface area contributed by atoms with E-state index in [2.05, 4.69) is 27.7 Å².